The number of ether oxygens (including phenoxy) is 1. The molecule has 2 fully saturated rings. The Balaban J connectivity index is 1.58. The molecule has 0 spiro atoms. The van der Waals surface area contributed by atoms with Crippen molar-refractivity contribution in [2.75, 3.05) is 6.54 Å². The maximum absolute atomic E-state index is 14.1. The molecule has 1 aliphatic heterocycles. The third kappa shape index (κ3) is 6.77. The number of amides is 3. The van der Waals surface area contributed by atoms with Crippen LogP contribution < -0.4 is 11.1 Å². The van der Waals surface area contributed by atoms with Gasteiger partial charge in [-0.25, -0.2) is 9.59 Å². The fraction of sp³-hybridized carbons (Fsp3) is 0.515. The maximum Gasteiger partial charge on any atom is 0.407 e. The van der Waals surface area contributed by atoms with E-state index in [4.69, 9.17) is 10.5 Å². The minimum Gasteiger partial charge on any atom is -0.478 e. The molecule has 9 nitrogen and oxygen atoms in total. The first-order valence-corrected chi connectivity index (χ1v) is 14.8. The van der Waals surface area contributed by atoms with Gasteiger partial charge in [0.15, 0.2) is 0 Å². The summed E-state index contributed by atoms with van der Waals surface area (Å²) in [5, 5.41) is 13.0. The van der Waals surface area contributed by atoms with Crippen LogP contribution in [-0.4, -0.2) is 58.1 Å². The van der Waals surface area contributed by atoms with Gasteiger partial charge in [-0.05, 0) is 89.0 Å². The van der Waals surface area contributed by atoms with Crippen LogP contribution in [0.4, 0.5) is 4.79 Å². The van der Waals surface area contributed by atoms with Gasteiger partial charge in [0.25, 0.3) is 0 Å². The van der Waals surface area contributed by atoms with Crippen LogP contribution >= 0.6 is 0 Å². The van der Waals surface area contributed by atoms with Crippen molar-refractivity contribution in [1.29, 1.82) is 0 Å². The van der Waals surface area contributed by atoms with E-state index in [1.807, 2.05) is 71.0 Å². The van der Waals surface area contributed by atoms with E-state index in [2.05, 4.69) is 5.32 Å². The van der Waals surface area contributed by atoms with Crippen molar-refractivity contribution in [2.45, 2.75) is 89.8 Å². The molecular formula is C33H43N3O6. The molecule has 1 saturated heterocycles. The predicted molar refractivity (Wildman–Crippen MR) is 159 cm³/mol. The number of nitrogens with one attached hydrogen (secondary N) is 1. The minimum absolute atomic E-state index is 0.108. The molecular weight excluding hydrogens is 534 g/mol. The Morgan fingerprint density at radius 3 is 2.21 bits per heavy atom. The quantitative estimate of drug-likeness (QED) is 0.424. The van der Waals surface area contributed by atoms with E-state index < -0.39 is 41.4 Å². The van der Waals surface area contributed by atoms with Gasteiger partial charge in [-0.15, -0.1) is 0 Å². The van der Waals surface area contributed by atoms with Crippen LogP contribution in [0.25, 0.3) is 0 Å². The molecule has 4 rings (SSSR count). The summed E-state index contributed by atoms with van der Waals surface area (Å²) in [7, 11) is 0. The number of carboxylic acid groups (broad SMARTS) is 1. The van der Waals surface area contributed by atoms with Gasteiger partial charge in [-0.3, -0.25) is 9.59 Å². The maximum atomic E-state index is 14.1. The first-order valence-electron chi connectivity index (χ1n) is 14.8. The molecule has 2 aromatic carbocycles. The summed E-state index contributed by atoms with van der Waals surface area (Å²) in [6.07, 6.45) is 2.28. The van der Waals surface area contributed by atoms with Gasteiger partial charge >= 0.3 is 12.1 Å². The highest BCUT2D eigenvalue weighted by Crippen LogP contribution is 2.47. The van der Waals surface area contributed by atoms with Crippen LogP contribution in [0.2, 0.25) is 0 Å². The number of aryl methyl sites for hydroxylation is 1. The largest absolute Gasteiger partial charge is 0.478 e. The highest BCUT2D eigenvalue weighted by Gasteiger charge is 2.50. The normalized spacial score (nSPS) is 25.0. The third-order valence-corrected chi connectivity index (χ3v) is 8.76. The monoisotopic (exact) mass is 577 g/mol. The Morgan fingerprint density at radius 2 is 1.64 bits per heavy atom. The van der Waals surface area contributed by atoms with Crippen molar-refractivity contribution in [3.8, 4) is 0 Å². The minimum atomic E-state index is -1.05. The average molecular weight is 578 g/mol. The molecule has 4 atom stereocenters. The Bertz CT molecular complexity index is 1310. The second-order valence-corrected chi connectivity index (χ2v) is 12.8. The number of primary amides is 1. The first kappa shape index (κ1) is 31.1. The highest BCUT2D eigenvalue weighted by atomic mass is 16.6. The topological polar surface area (TPSA) is 139 Å². The van der Waals surface area contributed by atoms with E-state index in [0.29, 0.717) is 18.4 Å². The lowest BCUT2D eigenvalue weighted by Gasteiger charge is -2.35. The van der Waals surface area contributed by atoms with Crippen LogP contribution in [-0.2, 0) is 14.3 Å². The Morgan fingerprint density at radius 1 is 1.00 bits per heavy atom. The van der Waals surface area contributed by atoms with Crippen LogP contribution in [0, 0.1) is 18.8 Å². The highest BCUT2D eigenvalue weighted by molar-refractivity contribution is 5.92. The lowest BCUT2D eigenvalue weighted by molar-refractivity contribution is -0.142. The number of aromatic carboxylic acids is 1. The van der Waals surface area contributed by atoms with Crippen molar-refractivity contribution in [3.63, 3.8) is 0 Å². The summed E-state index contributed by atoms with van der Waals surface area (Å²) in [5.74, 6) is -2.78. The van der Waals surface area contributed by atoms with Gasteiger partial charge in [0.2, 0.25) is 11.8 Å². The number of rotatable bonds is 7. The van der Waals surface area contributed by atoms with Gasteiger partial charge in [0.05, 0.1) is 5.56 Å². The van der Waals surface area contributed by atoms with Gasteiger partial charge in [0, 0.05) is 30.3 Å². The second kappa shape index (κ2) is 12.5. The number of carbonyl (C=O) groups is 4. The number of hydrogen-bond acceptors (Lipinski definition) is 5. The summed E-state index contributed by atoms with van der Waals surface area (Å²) in [6.45, 7) is 9.48. The van der Waals surface area contributed by atoms with Crippen molar-refractivity contribution >= 4 is 23.9 Å². The van der Waals surface area contributed by atoms with Crippen LogP contribution in [0.5, 0.6) is 0 Å². The van der Waals surface area contributed by atoms with E-state index in [9.17, 15) is 24.3 Å². The molecule has 2 aliphatic rings. The molecule has 3 amide bonds. The molecule has 42 heavy (non-hydrogen) atoms. The number of hydrogen-bond donors (Lipinski definition) is 3. The van der Waals surface area contributed by atoms with Gasteiger partial charge in [-0.1, -0.05) is 42.5 Å². The molecule has 0 aromatic heterocycles. The Kier molecular flexibility index (Phi) is 9.28. The van der Waals surface area contributed by atoms with Gasteiger partial charge in [0.1, 0.15) is 11.6 Å². The summed E-state index contributed by atoms with van der Waals surface area (Å²) in [4.78, 5) is 53.3. The standard InChI is InChI=1S/C33H43N3O6/c1-19-10-9-13-24(31(39)40)26(19)25-18-36(28(29(34)37)27(25)22-11-7-6-8-12-22)30(38)23-16-14-21(15-17-23)20(2)35-32(41)42-33(3,4)5/h6-13,20-21,23,25,27-28H,14-18H2,1-5H3,(H2,34,37)(H,35,41)(H,39,40)/t20?,21-,23-,25?,27-,28+/m1/s1. The second-order valence-electron chi connectivity index (χ2n) is 12.8. The first-order chi connectivity index (χ1) is 19.8. The SMILES string of the molecule is Cc1cccc(C(=O)O)c1C1CN(C(=O)[C@H]2CC[C@H](C(C)NC(=O)OC(C)(C)C)CC2)[C@H](C(N)=O)[C@@H]1c1ccccc1. The summed E-state index contributed by atoms with van der Waals surface area (Å²) >= 11 is 0. The number of benzene rings is 2. The van der Waals surface area contributed by atoms with Crippen molar-refractivity contribution < 1.29 is 29.0 Å². The summed E-state index contributed by atoms with van der Waals surface area (Å²) < 4.78 is 5.39. The van der Waals surface area contributed by atoms with Crippen molar-refractivity contribution in [2.24, 2.45) is 17.6 Å². The van der Waals surface area contributed by atoms with E-state index in [1.165, 1.54) is 0 Å². The predicted octanol–water partition coefficient (Wildman–Crippen LogP) is 4.98. The fourth-order valence-electron chi connectivity index (χ4n) is 6.84. The number of alkyl carbamates (subject to hydrolysis) is 1. The van der Waals surface area contributed by atoms with E-state index in [1.54, 1.807) is 17.0 Å². The number of nitrogens with zero attached hydrogens (tertiary/aromatic N) is 1. The molecule has 2 unspecified atom stereocenters. The van der Waals surface area contributed by atoms with Gasteiger partial charge < -0.3 is 25.8 Å². The number of nitrogens with two attached hydrogens (primary N) is 1. The lowest BCUT2D eigenvalue weighted by atomic mass is 9.77. The molecule has 9 heteroatoms. The molecule has 1 aliphatic carbocycles. The zero-order chi connectivity index (χ0) is 30.8. The number of carbonyl (C=O) groups excluding carboxylic acids is 3. The molecule has 0 bridgehead atoms. The van der Waals surface area contributed by atoms with Crippen molar-refractivity contribution in [3.05, 3.63) is 70.8 Å². The molecule has 226 valence electrons. The zero-order valence-electron chi connectivity index (χ0n) is 25.1. The van der Waals surface area contributed by atoms with E-state index in [-0.39, 0.29) is 35.9 Å². The summed E-state index contributed by atoms with van der Waals surface area (Å²) in [6, 6.07) is 13.6. The molecule has 1 saturated carbocycles. The fourth-order valence-corrected chi connectivity index (χ4v) is 6.84. The van der Waals surface area contributed by atoms with Gasteiger partial charge in [-0.2, -0.15) is 0 Å². The third-order valence-electron chi connectivity index (χ3n) is 8.76. The Labute approximate surface area is 247 Å². The smallest absolute Gasteiger partial charge is 0.407 e. The zero-order valence-corrected chi connectivity index (χ0v) is 25.1. The van der Waals surface area contributed by atoms with E-state index in [0.717, 1.165) is 24.0 Å². The number of likely N-dealkylation sites (tertiary alicyclic amines) is 1. The number of carboxylic acids is 1. The molecule has 4 N–H and O–H groups in total. The van der Waals surface area contributed by atoms with Crippen molar-refractivity contribution in [1.82, 2.24) is 10.2 Å². The van der Waals surface area contributed by atoms with E-state index >= 15 is 0 Å². The lowest BCUT2D eigenvalue weighted by Crippen LogP contribution is -2.49. The average Bonchev–Trinajstić information content (AvgIpc) is 3.32. The van der Waals surface area contributed by atoms with Crippen LogP contribution in [0.1, 0.15) is 92.3 Å². The molecule has 0 radical (unpaired) electrons. The van der Waals surface area contributed by atoms with Crippen LogP contribution in [0.15, 0.2) is 48.5 Å². The molecule has 2 aromatic rings. The Hall–Kier alpha value is -3.88. The molecule has 1 heterocycles. The van der Waals surface area contributed by atoms with Crippen LogP contribution in [0.3, 0.4) is 0 Å². The summed E-state index contributed by atoms with van der Waals surface area (Å²) in [5.41, 5.74) is 7.87.